The van der Waals surface area contributed by atoms with Crippen LogP contribution in [0.15, 0.2) is 54.6 Å². The first kappa shape index (κ1) is 13.5. The van der Waals surface area contributed by atoms with E-state index in [1.54, 1.807) is 0 Å². The lowest BCUT2D eigenvalue weighted by Gasteiger charge is -2.46. The van der Waals surface area contributed by atoms with Gasteiger partial charge < -0.3 is 10.1 Å². The first-order valence-electron chi connectivity index (χ1n) is 7.88. The van der Waals surface area contributed by atoms with Crippen molar-refractivity contribution in [1.29, 1.82) is 0 Å². The monoisotopic (exact) mass is 293 g/mol. The van der Waals surface area contributed by atoms with Crippen LogP contribution in [0, 0.1) is 0 Å². The summed E-state index contributed by atoms with van der Waals surface area (Å²) < 4.78 is 6.03. The zero-order valence-corrected chi connectivity index (χ0v) is 12.4. The van der Waals surface area contributed by atoms with Gasteiger partial charge in [-0.15, -0.1) is 0 Å². The predicted octanol–water partition coefficient (Wildman–Crippen LogP) is 3.11. The van der Waals surface area contributed by atoms with Crippen LogP contribution in [0.4, 0.5) is 0 Å². The fraction of sp³-hybridized carbons (Fsp3) is 0.316. The minimum atomic E-state index is -0.419. The average molecular weight is 293 g/mol. The summed E-state index contributed by atoms with van der Waals surface area (Å²) in [5, 5.41) is 3.38. The molecular weight excluding hydrogens is 274 g/mol. The molecule has 22 heavy (non-hydrogen) atoms. The van der Waals surface area contributed by atoms with Crippen molar-refractivity contribution in [3.8, 4) is 0 Å². The molecule has 0 aromatic heterocycles. The molecule has 4 rings (SSSR count). The number of esters is 1. The molecule has 0 bridgehead atoms. The Bertz CT molecular complexity index is 690. The number of piperidine rings is 1. The Hall–Kier alpha value is -2.13. The van der Waals surface area contributed by atoms with Gasteiger partial charge in [0.15, 0.2) is 0 Å². The second-order valence-corrected chi connectivity index (χ2v) is 6.14. The Morgan fingerprint density at radius 3 is 2.41 bits per heavy atom. The Balaban J connectivity index is 1.91. The quantitative estimate of drug-likeness (QED) is 0.821. The molecule has 2 heterocycles. The number of hydrogen-bond donors (Lipinski definition) is 1. The summed E-state index contributed by atoms with van der Waals surface area (Å²) in [5.41, 5.74) is 2.62. The second kappa shape index (κ2) is 5.25. The van der Waals surface area contributed by atoms with Crippen LogP contribution in [0.1, 0.15) is 40.2 Å². The first-order valence-corrected chi connectivity index (χ1v) is 7.88. The zero-order valence-electron chi connectivity index (χ0n) is 12.4. The van der Waals surface area contributed by atoms with Gasteiger partial charge in [0.1, 0.15) is 5.60 Å². The molecule has 2 aromatic rings. The van der Waals surface area contributed by atoms with E-state index >= 15 is 0 Å². The molecule has 0 saturated carbocycles. The topological polar surface area (TPSA) is 38.3 Å². The summed E-state index contributed by atoms with van der Waals surface area (Å²) in [7, 11) is 0. The fourth-order valence-electron chi connectivity index (χ4n) is 3.89. The summed E-state index contributed by atoms with van der Waals surface area (Å²) >= 11 is 0. The van der Waals surface area contributed by atoms with Crippen LogP contribution in [0.2, 0.25) is 0 Å². The first-order chi connectivity index (χ1) is 10.8. The van der Waals surface area contributed by atoms with E-state index in [1.807, 2.05) is 24.3 Å². The van der Waals surface area contributed by atoms with Crippen LogP contribution >= 0.6 is 0 Å². The van der Waals surface area contributed by atoms with Gasteiger partial charge in [-0.05, 0) is 30.3 Å². The van der Waals surface area contributed by atoms with Gasteiger partial charge in [-0.3, -0.25) is 0 Å². The summed E-state index contributed by atoms with van der Waals surface area (Å²) in [6.07, 6.45) is 1.71. The summed E-state index contributed by atoms with van der Waals surface area (Å²) in [4.78, 5) is 12.5. The van der Waals surface area contributed by atoms with Gasteiger partial charge in [0, 0.05) is 18.8 Å². The van der Waals surface area contributed by atoms with Gasteiger partial charge >= 0.3 is 5.97 Å². The fourth-order valence-corrected chi connectivity index (χ4v) is 3.89. The third-order valence-corrected chi connectivity index (χ3v) is 4.90. The Labute approximate surface area is 130 Å². The van der Waals surface area contributed by atoms with E-state index in [1.165, 1.54) is 5.56 Å². The number of nitrogens with one attached hydrogen (secondary N) is 1. The Morgan fingerprint density at radius 2 is 1.64 bits per heavy atom. The largest absolute Gasteiger partial charge is 0.454 e. The van der Waals surface area contributed by atoms with Gasteiger partial charge in [-0.25, -0.2) is 4.79 Å². The van der Waals surface area contributed by atoms with Crippen molar-refractivity contribution in [2.45, 2.75) is 24.4 Å². The highest BCUT2D eigenvalue weighted by atomic mass is 16.6. The molecule has 0 radical (unpaired) electrons. The summed E-state index contributed by atoms with van der Waals surface area (Å²) in [5.74, 6) is -0.0608. The number of carbonyl (C=O) groups is 1. The van der Waals surface area contributed by atoms with Crippen molar-refractivity contribution < 1.29 is 9.53 Å². The number of benzene rings is 2. The molecule has 1 spiro atoms. The standard InChI is InChI=1S/C19H19NO2/c21-18-16-9-5-4-8-15(16)17(14-6-2-1-3-7-14)19(22-18)10-12-20-13-11-19/h1-9,17,20H,10-13H2. The Kier molecular flexibility index (Phi) is 3.23. The van der Waals surface area contributed by atoms with Crippen LogP contribution in [0.3, 0.4) is 0 Å². The number of hydrogen-bond acceptors (Lipinski definition) is 3. The van der Waals surface area contributed by atoms with Crippen molar-refractivity contribution in [3.05, 3.63) is 71.3 Å². The number of fused-ring (bicyclic) bond motifs is 1. The molecule has 1 N–H and O–H groups in total. The SMILES string of the molecule is O=C1OC2(CCNCC2)C(c2ccccc2)c2ccccc21. The van der Waals surface area contributed by atoms with Gasteiger partial charge in [0.05, 0.1) is 5.56 Å². The van der Waals surface area contributed by atoms with Crippen LogP contribution < -0.4 is 5.32 Å². The van der Waals surface area contributed by atoms with Crippen LogP contribution in [0.5, 0.6) is 0 Å². The van der Waals surface area contributed by atoms with E-state index in [0.29, 0.717) is 5.56 Å². The highest BCUT2D eigenvalue weighted by Gasteiger charge is 2.49. The lowest BCUT2D eigenvalue weighted by molar-refractivity contribution is -0.0499. The van der Waals surface area contributed by atoms with Gasteiger partial charge in [-0.1, -0.05) is 48.5 Å². The van der Waals surface area contributed by atoms with E-state index in [0.717, 1.165) is 31.5 Å². The van der Waals surface area contributed by atoms with E-state index in [4.69, 9.17) is 4.74 Å². The van der Waals surface area contributed by atoms with Crippen molar-refractivity contribution in [1.82, 2.24) is 5.32 Å². The van der Waals surface area contributed by atoms with Crippen LogP contribution in [-0.2, 0) is 4.74 Å². The highest BCUT2D eigenvalue weighted by molar-refractivity contribution is 5.93. The molecule has 3 nitrogen and oxygen atoms in total. The normalized spacial score (nSPS) is 22.9. The maximum Gasteiger partial charge on any atom is 0.339 e. The minimum Gasteiger partial charge on any atom is -0.454 e. The van der Waals surface area contributed by atoms with Gasteiger partial charge in [-0.2, -0.15) is 0 Å². The zero-order chi connectivity index (χ0) is 15.0. The van der Waals surface area contributed by atoms with E-state index < -0.39 is 5.60 Å². The summed E-state index contributed by atoms with van der Waals surface area (Å²) in [6.45, 7) is 1.78. The highest BCUT2D eigenvalue weighted by Crippen LogP contribution is 2.47. The lowest BCUT2D eigenvalue weighted by atomic mass is 9.70. The molecule has 2 aliphatic heterocycles. The molecule has 2 aliphatic rings. The van der Waals surface area contributed by atoms with E-state index in [9.17, 15) is 4.79 Å². The number of carbonyl (C=O) groups excluding carboxylic acids is 1. The smallest absolute Gasteiger partial charge is 0.339 e. The molecular formula is C19H19NO2. The summed E-state index contributed by atoms with van der Waals surface area (Å²) in [6, 6.07) is 18.3. The van der Waals surface area contributed by atoms with E-state index in [2.05, 4.69) is 35.6 Å². The third kappa shape index (κ3) is 2.04. The molecule has 1 fully saturated rings. The molecule has 2 aromatic carbocycles. The van der Waals surface area contributed by atoms with Crippen molar-refractivity contribution in [2.24, 2.45) is 0 Å². The molecule has 1 atom stereocenters. The average Bonchev–Trinajstić information content (AvgIpc) is 2.57. The van der Waals surface area contributed by atoms with Gasteiger partial charge in [0.2, 0.25) is 0 Å². The van der Waals surface area contributed by atoms with Crippen molar-refractivity contribution >= 4 is 5.97 Å². The predicted molar refractivity (Wildman–Crippen MR) is 85.0 cm³/mol. The second-order valence-electron chi connectivity index (χ2n) is 6.14. The number of rotatable bonds is 1. The Morgan fingerprint density at radius 1 is 0.955 bits per heavy atom. The minimum absolute atomic E-state index is 0.115. The van der Waals surface area contributed by atoms with Crippen molar-refractivity contribution in [3.63, 3.8) is 0 Å². The molecule has 3 heteroatoms. The molecule has 1 saturated heterocycles. The molecule has 0 aliphatic carbocycles. The molecule has 0 amide bonds. The maximum atomic E-state index is 12.5. The number of ether oxygens (including phenoxy) is 1. The maximum absolute atomic E-state index is 12.5. The lowest BCUT2D eigenvalue weighted by Crippen LogP contribution is -2.52. The molecule has 1 unspecified atom stereocenters. The van der Waals surface area contributed by atoms with Crippen LogP contribution in [-0.4, -0.2) is 24.7 Å². The van der Waals surface area contributed by atoms with Crippen molar-refractivity contribution in [2.75, 3.05) is 13.1 Å². The third-order valence-electron chi connectivity index (χ3n) is 4.90. The molecule has 112 valence electrons. The van der Waals surface area contributed by atoms with Gasteiger partial charge in [0.25, 0.3) is 0 Å². The van der Waals surface area contributed by atoms with E-state index in [-0.39, 0.29) is 11.9 Å². The van der Waals surface area contributed by atoms with Crippen LogP contribution in [0.25, 0.3) is 0 Å².